The second-order valence-corrected chi connectivity index (χ2v) is 7.98. The van der Waals surface area contributed by atoms with Crippen LogP contribution in [0.1, 0.15) is 21.7 Å². The van der Waals surface area contributed by atoms with Gasteiger partial charge in [0.25, 0.3) is 5.91 Å². The average Bonchev–Trinajstić information content (AvgIpc) is 3.08. The van der Waals surface area contributed by atoms with E-state index in [9.17, 15) is 18.8 Å². The summed E-state index contributed by atoms with van der Waals surface area (Å²) in [4.78, 5) is 36.1. The second-order valence-electron chi connectivity index (χ2n) is 7.14. The van der Waals surface area contributed by atoms with Gasteiger partial charge in [-0.3, -0.25) is 14.4 Å². The molecule has 0 aliphatic carbocycles. The molecule has 0 spiro atoms. The van der Waals surface area contributed by atoms with Crippen molar-refractivity contribution in [3.8, 4) is 5.69 Å². The number of aryl methyl sites for hydroxylation is 2. The van der Waals surface area contributed by atoms with Gasteiger partial charge in [-0.2, -0.15) is 5.10 Å². The molecule has 2 aromatic carbocycles. The Bertz CT molecular complexity index is 1230. The number of nitrogens with one attached hydrogen (secondary N) is 3. The van der Waals surface area contributed by atoms with Gasteiger partial charge >= 0.3 is 0 Å². The third kappa shape index (κ3) is 6.30. The molecular weight excluding hydrogens is 472 g/mol. The molecule has 33 heavy (non-hydrogen) atoms. The molecule has 0 aliphatic rings. The van der Waals surface area contributed by atoms with Crippen LogP contribution in [0.15, 0.2) is 42.5 Å². The van der Waals surface area contributed by atoms with Crippen molar-refractivity contribution in [3.05, 3.63) is 75.3 Å². The van der Waals surface area contributed by atoms with Crippen LogP contribution in [0.4, 0.5) is 10.1 Å². The van der Waals surface area contributed by atoms with E-state index in [1.165, 1.54) is 41.1 Å². The zero-order valence-corrected chi connectivity index (χ0v) is 19.2. The van der Waals surface area contributed by atoms with E-state index in [0.29, 0.717) is 5.02 Å². The Hall–Kier alpha value is -3.43. The highest BCUT2D eigenvalue weighted by Crippen LogP contribution is 2.21. The fourth-order valence-corrected chi connectivity index (χ4v) is 3.50. The van der Waals surface area contributed by atoms with Gasteiger partial charge in [-0.1, -0.05) is 23.2 Å². The molecule has 1 aromatic heterocycles. The van der Waals surface area contributed by atoms with E-state index in [2.05, 4.69) is 21.0 Å². The standard InChI is InChI=1S/C22H20Cl2FN5O3/c1-12-7-13(2)30(29-12)19-6-4-15(9-18(19)25)28-21(32)11-26-20(31)10-27-22(33)16-5-3-14(23)8-17(16)24/h3-9H,10-11H2,1-2H3,(H,26,31)(H,27,33)(H,28,32). The third-order valence-electron chi connectivity index (χ3n) is 4.50. The van der Waals surface area contributed by atoms with Crippen molar-refractivity contribution in [3.63, 3.8) is 0 Å². The van der Waals surface area contributed by atoms with Gasteiger partial charge in [0.15, 0.2) is 5.82 Å². The van der Waals surface area contributed by atoms with Crippen LogP contribution in [0.3, 0.4) is 0 Å². The molecule has 0 atom stereocenters. The number of anilines is 1. The van der Waals surface area contributed by atoms with Crippen molar-refractivity contribution in [1.82, 2.24) is 20.4 Å². The molecule has 3 N–H and O–H groups in total. The Kier molecular flexibility index (Phi) is 7.67. The van der Waals surface area contributed by atoms with Crippen molar-refractivity contribution in [2.75, 3.05) is 18.4 Å². The largest absolute Gasteiger partial charge is 0.345 e. The highest BCUT2D eigenvalue weighted by molar-refractivity contribution is 6.36. The first-order valence-corrected chi connectivity index (χ1v) is 10.5. The number of hydrogen-bond donors (Lipinski definition) is 3. The molecule has 0 unspecified atom stereocenters. The number of rotatable bonds is 7. The Morgan fingerprint density at radius 1 is 0.970 bits per heavy atom. The quantitative estimate of drug-likeness (QED) is 0.470. The fourth-order valence-electron chi connectivity index (χ4n) is 3.01. The predicted molar refractivity (Wildman–Crippen MR) is 123 cm³/mol. The van der Waals surface area contributed by atoms with Crippen LogP contribution in [0.2, 0.25) is 10.0 Å². The van der Waals surface area contributed by atoms with E-state index in [4.69, 9.17) is 23.2 Å². The summed E-state index contributed by atoms with van der Waals surface area (Å²) in [5, 5.41) is 12.0. The third-order valence-corrected chi connectivity index (χ3v) is 5.05. The van der Waals surface area contributed by atoms with Gasteiger partial charge in [0.05, 0.1) is 29.4 Å². The van der Waals surface area contributed by atoms with Crippen molar-refractivity contribution < 1.29 is 18.8 Å². The van der Waals surface area contributed by atoms with Crippen LogP contribution in [-0.2, 0) is 9.59 Å². The zero-order valence-electron chi connectivity index (χ0n) is 17.7. The molecule has 0 saturated carbocycles. The smallest absolute Gasteiger partial charge is 0.253 e. The van der Waals surface area contributed by atoms with Crippen molar-refractivity contribution in [1.29, 1.82) is 0 Å². The maximum absolute atomic E-state index is 14.5. The predicted octanol–water partition coefficient (Wildman–Crippen LogP) is 3.42. The molecule has 3 amide bonds. The first kappa shape index (κ1) is 24.2. The van der Waals surface area contributed by atoms with E-state index in [-0.39, 0.29) is 35.1 Å². The van der Waals surface area contributed by atoms with Gasteiger partial charge < -0.3 is 16.0 Å². The number of carbonyl (C=O) groups excluding carboxylic acids is 3. The lowest BCUT2D eigenvalue weighted by Gasteiger charge is -2.10. The lowest BCUT2D eigenvalue weighted by Crippen LogP contribution is -2.40. The normalized spacial score (nSPS) is 10.6. The fraction of sp³-hybridized carbons (Fsp3) is 0.182. The number of carbonyl (C=O) groups is 3. The average molecular weight is 492 g/mol. The topological polar surface area (TPSA) is 105 Å². The van der Waals surface area contributed by atoms with E-state index in [1.807, 2.05) is 19.9 Å². The maximum Gasteiger partial charge on any atom is 0.253 e. The summed E-state index contributed by atoms with van der Waals surface area (Å²) in [5.74, 6) is -2.27. The first-order chi connectivity index (χ1) is 15.6. The minimum Gasteiger partial charge on any atom is -0.345 e. The summed E-state index contributed by atoms with van der Waals surface area (Å²) in [6.45, 7) is 2.89. The van der Waals surface area contributed by atoms with Gasteiger partial charge in [0.1, 0.15) is 5.69 Å². The molecule has 0 aliphatic heterocycles. The van der Waals surface area contributed by atoms with E-state index >= 15 is 0 Å². The number of aromatic nitrogens is 2. The van der Waals surface area contributed by atoms with Crippen LogP contribution in [-0.4, -0.2) is 40.6 Å². The van der Waals surface area contributed by atoms with Crippen LogP contribution in [0.5, 0.6) is 0 Å². The summed E-state index contributed by atoms with van der Waals surface area (Å²) < 4.78 is 16.0. The van der Waals surface area contributed by atoms with Gasteiger partial charge in [-0.25, -0.2) is 9.07 Å². The first-order valence-electron chi connectivity index (χ1n) is 9.77. The SMILES string of the molecule is Cc1cc(C)n(-c2ccc(NC(=O)CNC(=O)CNC(=O)c3ccc(Cl)cc3Cl)cc2F)n1. The molecule has 11 heteroatoms. The number of amides is 3. The molecule has 0 saturated heterocycles. The van der Waals surface area contributed by atoms with E-state index in [1.54, 1.807) is 0 Å². The summed E-state index contributed by atoms with van der Waals surface area (Å²) in [5.41, 5.74) is 2.17. The molecule has 0 radical (unpaired) electrons. The van der Waals surface area contributed by atoms with Gasteiger partial charge in [0.2, 0.25) is 11.8 Å². The lowest BCUT2D eigenvalue weighted by atomic mass is 10.2. The molecule has 8 nitrogen and oxygen atoms in total. The second kappa shape index (κ2) is 10.5. The highest BCUT2D eigenvalue weighted by Gasteiger charge is 2.14. The summed E-state index contributed by atoms with van der Waals surface area (Å²) in [7, 11) is 0. The number of hydrogen-bond acceptors (Lipinski definition) is 4. The molecule has 3 aromatic rings. The Balaban J connectivity index is 1.49. The maximum atomic E-state index is 14.5. The van der Waals surface area contributed by atoms with Crippen LogP contribution in [0, 0.1) is 19.7 Å². The monoisotopic (exact) mass is 491 g/mol. The lowest BCUT2D eigenvalue weighted by molar-refractivity contribution is -0.123. The Morgan fingerprint density at radius 3 is 2.33 bits per heavy atom. The molecule has 172 valence electrons. The van der Waals surface area contributed by atoms with Crippen LogP contribution < -0.4 is 16.0 Å². The van der Waals surface area contributed by atoms with Gasteiger partial charge in [0, 0.05) is 16.4 Å². The van der Waals surface area contributed by atoms with E-state index < -0.39 is 23.5 Å². The zero-order chi connectivity index (χ0) is 24.1. The summed E-state index contributed by atoms with van der Waals surface area (Å²) >= 11 is 11.7. The van der Waals surface area contributed by atoms with E-state index in [0.717, 1.165) is 11.4 Å². The Labute approximate surface area is 199 Å². The number of halogens is 3. The van der Waals surface area contributed by atoms with Crippen molar-refractivity contribution in [2.24, 2.45) is 0 Å². The van der Waals surface area contributed by atoms with Crippen LogP contribution >= 0.6 is 23.2 Å². The van der Waals surface area contributed by atoms with Gasteiger partial charge in [-0.15, -0.1) is 0 Å². The molecular formula is C22H20Cl2FN5O3. The van der Waals surface area contributed by atoms with Crippen molar-refractivity contribution in [2.45, 2.75) is 13.8 Å². The minimum absolute atomic E-state index is 0.149. The summed E-state index contributed by atoms with van der Waals surface area (Å²) in [6.07, 6.45) is 0. The molecule has 1 heterocycles. The minimum atomic E-state index is -0.588. The number of nitrogens with zero attached hydrogens (tertiary/aromatic N) is 2. The Morgan fingerprint density at radius 2 is 1.70 bits per heavy atom. The van der Waals surface area contributed by atoms with Gasteiger partial charge in [-0.05, 0) is 56.3 Å². The van der Waals surface area contributed by atoms with Crippen LogP contribution in [0.25, 0.3) is 5.69 Å². The molecule has 3 rings (SSSR count). The number of benzene rings is 2. The summed E-state index contributed by atoms with van der Waals surface area (Å²) in [6, 6.07) is 10.4. The molecule has 0 bridgehead atoms. The highest BCUT2D eigenvalue weighted by atomic mass is 35.5. The van der Waals surface area contributed by atoms with Crippen molar-refractivity contribution >= 4 is 46.6 Å². The molecule has 0 fully saturated rings.